The molecule has 0 unspecified atom stereocenters. The quantitative estimate of drug-likeness (QED) is 0.283. The summed E-state index contributed by atoms with van der Waals surface area (Å²) < 4.78 is 0. The minimum atomic E-state index is -1.34. The number of allylic oxidation sites excluding steroid dienone is 5. The summed E-state index contributed by atoms with van der Waals surface area (Å²) in [5.74, 6) is -0.544. The molecule has 0 aliphatic rings. The first-order valence-corrected chi connectivity index (χ1v) is 8.24. The van der Waals surface area contributed by atoms with Gasteiger partial charge in [0.2, 0.25) is 0 Å². The first-order chi connectivity index (χ1) is 10.2. The van der Waals surface area contributed by atoms with Gasteiger partial charge in [-0.05, 0) is 66.2 Å². The van der Waals surface area contributed by atoms with Crippen molar-refractivity contribution in [3.8, 4) is 0 Å². The van der Waals surface area contributed by atoms with Gasteiger partial charge in [-0.1, -0.05) is 29.4 Å². The first kappa shape index (κ1) is 20.9. The SMILES string of the molecule is C=C(C)CC/C=C(\C)CC/C=C/CCC(Cl)(C(C)=O)C(C)=O. The van der Waals surface area contributed by atoms with Gasteiger partial charge in [-0.2, -0.15) is 0 Å². The summed E-state index contributed by atoms with van der Waals surface area (Å²) in [5.41, 5.74) is 2.59. The molecule has 2 nitrogen and oxygen atoms in total. The van der Waals surface area contributed by atoms with E-state index >= 15 is 0 Å². The van der Waals surface area contributed by atoms with Gasteiger partial charge >= 0.3 is 0 Å². The molecule has 0 atom stereocenters. The van der Waals surface area contributed by atoms with Crippen LogP contribution >= 0.6 is 11.6 Å². The molecule has 0 aliphatic carbocycles. The lowest BCUT2D eigenvalue weighted by atomic mass is 9.94. The van der Waals surface area contributed by atoms with Crippen molar-refractivity contribution in [2.45, 2.75) is 71.1 Å². The summed E-state index contributed by atoms with van der Waals surface area (Å²) in [5, 5.41) is 0. The monoisotopic (exact) mass is 324 g/mol. The van der Waals surface area contributed by atoms with E-state index in [2.05, 4.69) is 25.7 Å². The Morgan fingerprint density at radius 2 is 1.50 bits per heavy atom. The van der Waals surface area contributed by atoms with Gasteiger partial charge in [0.1, 0.15) is 0 Å². The van der Waals surface area contributed by atoms with Gasteiger partial charge in [0.15, 0.2) is 16.4 Å². The highest BCUT2D eigenvalue weighted by Crippen LogP contribution is 2.24. The van der Waals surface area contributed by atoms with Crippen LogP contribution in [0.5, 0.6) is 0 Å². The molecule has 3 heteroatoms. The molecule has 22 heavy (non-hydrogen) atoms. The molecule has 0 radical (unpaired) electrons. The number of halogens is 1. The van der Waals surface area contributed by atoms with Crippen LogP contribution in [0, 0.1) is 0 Å². The Bertz CT molecular complexity index is 444. The number of rotatable bonds is 11. The third kappa shape index (κ3) is 8.33. The molecule has 0 rings (SSSR count). The van der Waals surface area contributed by atoms with Crippen LogP contribution in [0.4, 0.5) is 0 Å². The van der Waals surface area contributed by atoms with E-state index in [1.807, 2.05) is 13.0 Å². The second-order valence-corrected chi connectivity index (χ2v) is 6.65. The van der Waals surface area contributed by atoms with Crippen molar-refractivity contribution in [2.24, 2.45) is 0 Å². The van der Waals surface area contributed by atoms with Crippen molar-refractivity contribution in [2.75, 3.05) is 0 Å². The maximum Gasteiger partial charge on any atom is 0.160 e. The summed E-state index contributed by atoms with van der Waals surface area (Å²) in [6.45, 7) is 10.8. The van der Waals surface area contributed by atoms with E-state index in [1.165, 1.54) is 25.0 Å². The molecule has 0 amide bonds. The highest BCUT2D eigenvalue weighted by molar-refractivity contribution is 6.46. The molecule has 0 aromatic heterocycles. The van der Waals surface area contributed by atoms with Gasteiger partial charge in [-0.15, -0.1) is 18.2 Å². The van der Waals surface area contributed by atoms with E-state index in [4.69, 9.17) is 11.6 Å². The summed E-state index contributed by atoms with van der Waals surface area (Å²) in [6.07, 6.45) is 11.4. The number of Topliss-reactive ketones (excluding diaryl/α,β-unsaturated/α-hetero) is 2. The lowest BCUT2D eigenvalue weighted by Gasteiger charge is -2.19. The number of alkyl halides is 1. The fraction of sp³-hybridized carbons (Fsp3) is 0.579. The van der Waals surface area contributed by atoms with Crippen molar-refractivity contribution in [1.82, 2.24) is 0 Å². The van der Waals surface area contributed by atoms with E-state index < -0.39 is 4.87 Å². The van der Waals surface area contributed by atoms with Gasteiger partial charge in [-0.25, -0.2) is 0 Å². The zero-order valence-electron chi connectivity index (χ0n) is 14.4. The predicted molar refractivity (Wildman–Crippen MR) is 95.4 cm³/mol. The minimum Gasteiger partial charge on any atom is -0.298 e. The molecular weight excluding hydrogens is 296 g/mol. The third-order valence-electron chi connectivity index (χ3n) is 3.71. The standard InChI is InChI=1S/C19H29ClO2/c1-15(2)11-10-13-16(3)12-8-6-7-9-14-19(20,17(4)21)18(5)22/h6-7,13H,1,8-12,14H2,2-5H3/b7-6+,16-13+. The average molecular weight is 325 g/mol. The Morgan fingerprint density at radius 1 is 0.955 bits per heavy atom. The predicted octanol–water partition coefficient (Wildman–Crippen LogP) is 5.56. The number of hydrogen-bond donors (Lipinski definition) is 0. The number of carbonyl (C=O) groups excluding carboxylic acids is 2. The first-order valence-electron chi connectivity index (χ1n) is 7.86. The topological polar surface area (TPSA) is 34.1 Å². The molecule has 0 N–H and O–H groups in total. The van der Waals surface area contributed by atoms with E-state index in [1.54, 1.807) is 0 Å². The van der Waals surface area contributed by atoms with E-state index in [0.717, 1.165) is 25.7 Å². The summed E-state index contributed by atoms with van der Waals surface area (Å²) in [4.78, 5) is 21.6. The van der Waals surface area contributed by atoms with Crippen LogP contribution < -0.4 is 0 Å². The molecule has 124 valence electrons. The number of carbonyl (C=O) groups is 2. The van der Waals surface area contributed by atoms with Crippen molar-refractivity contribution in [3.63, 3.8) is 0 Å². The molecule has 0 bridgehead atoms. The summed E-state index contributed by atoms with van der Waals surface area (Å²) in [6, 6.07) is 0. The Kier molecular flexibility index (Phi) is 10.0. The molecular formula is C19H29ClO2. The van der Waals surface area contributed by atoms with Crippen LogP contribution in [0.2, 0.25) is 0 Å². The number of hydrogen-bond acceptors (Lipinski definition) is 2. The Labute approximate surface area is 140 Å². The Morgan fingerprint density at radius 3 is 2.00 bits per heavy atom. The zero-order chi connectivity index (χ0) is 17.2. The van der Waals surface area contributed by atoms with Crippen molar-refractivity contribution < 1.29 is 9.59 Å². The van der Waals surface area contributed by atoms with E-state index in [-0.39, 0.29) is 11.6 Å². The fourth-order valence-electron chi connectivity index (χ4n) is 2.10. The normalized spacial score (nSPS) is 12.7. The van der Waals surface area contributed by atoms with Crippen molar-refractivity contribution >= 4 is 23.2 Å². The fourth-order valence-corrected chi connectivity index (χ4v) is 2.21. The highest BCUT2D eigenvalue weighted by Gasteiger charge is 2.37. The van der Waals surface area contributed by atoms with E-state index in [9.17, 15) is 9.59 Å². The molecule has 0 fully saturated rings. The van der Waals surface area contributed by atoms with Crippen molar-refractivity contribution in [1.29, 1.82) is 0 Å². The molecule has 0 aliphatic heterocycles. The van der Waals surface area contributed by atoms with Crippen LogP contribution in [0.1, 0.15) is 66.2 Å². The van der Waals surface area contributed by atoms with Gasteiger partial charge < -0.3 is 0 Å². The smallest absolute Gasteiger partial charge is 0.160 e. The largest absolute Gasteiger partial charge is 0.298 e. The van der Waals surface area contributed by atoms with Gasteiger partial charge in [0.05, 0.1) is 0 Å². The van der Waals surface area contributed by atoms with Crippen LogP contribution in [0.3, 0.4) is 0 Å². The maximum absolute atomic E-state index is 11.5. The summed E-state index contributed by atoms with van der Waals surface area (Å²) >= 11 is 6.11. The van der Waals surface area contributed by atoms with Gasteiger partial charge in [0, 0.05) is 0 Å². The average Bonchev–Trinajstić information content (AvgIpc) is 2.41. The second kappa shape index (κ2) is 10.6. The minimum absolute atomic E-state index is 0.272. The third-order valence-corrected chi connectivity index (χ3v) is 4.43. The molecule has 0 heterocycles. The molecule has 0 saturated carbocycles. The summed E-state index contributed by atoms with van der Waals surface area (Å²) in [7, 11) is 0. The van der Waals surface area contributed by atoms with Crippen molar-refractivity contribution in [3.05, 3.63) is 36.0 Å². The molecule has 0 spiro atoms. The molecule has 0 aromatic rings. The Hall–Kier alpha value is -1.15. The lowest BCUT2D eigenvalue weighted by Crippen LogP contribution is -2.37. The van der Waals surface area contributed by atoms with Gasteiger partial charge in [0.25, 0.3) is 0 Å². The highest BCUT2D eigenvalue weighted by atomic mass is 35.5. The molecule has 0 saturated heterocycles. The zero-order valence-corrected chi connectivity index (χ0v) is 15.1. The van der Waals surface area contributed by atoms with Crippen LogP contribution in [0.25, 0.3) is 0 Å². The van der Waals surface area contributed by atoms with Crippen LogP contribution in [-0.4, -0.2) is 16.4 Å². The maximum atomic E-state index is 11.5. The van der Waals surface area contributed by atoms with E-state index in [0.29, 0.717) is 12.8 Å². The van der Waals surface area contributed by atoms with Crippen LogP contribution in [0.15, 0.2) is 36.0 Å². The number of ketones is 2. The lowest BCUT2D eigenvalue weighted by molar-refractivity contribution is -0.128. The Balaban J connectivity index is 4.08. The van der Waals surface area contributed by atoms with Gasteiger partial charge in [-0.3, -0.25) is 9.59 Å². The second-order valence-electron chi connectivity index (χ2n) is 6.01. The van der Waals surface area contributed by atoms with Crippen LogP contribution in [-0.2, 0) is 9.59 Å². The molecule has 0 aromatic carbocycles.